The largest absolute Gasteiger partial charge is 0.478 e. The molecule has 0 radical (unpaired) electrons. The minimum absolute atomic E-state index is 0.0475. The fraction of sp³-hybridized carbons (Fsp3) is 0.250. The van der Waals surface area contributed by atoms with E-state index in [0.717, 1.165) is 22.6 Å². The van der Waals surface area contributed by atoms with Crippen molar-refractivity contribution in [3.8, 4) is 11.8 Å². The van der Waals surface area contributed by atoms with Crippen molar-refractivity contribution in [3.05, 3.63) is 57.9 Å². The molecule has 134 valence electrons. The summed E-state index contributed by atoms with van der Waals surface area (Å²) in [6.45, 7) is 5.54. The molecule has 6 nitrogen and oxygen atoms in total. The van der Waals surface area contributed by atoms with Crippen molar-refractivity contribution in [1.82, 2.24) is 9.47 Å². The second-order valence-corrected chi connectivity index (χ2v) is 6.29. The normalized spacial score (nSPS) is 11.2. The molecule has 0 bridgehead atoms. The van der Waals surface area contributed by atoms with Crippen molar-refractivity contribution >= 4 is 18.0 Å². The highest BCUT2D eigenvalue weighted by atomic mass is 16.4. The molecule has 1 aromatic heterocycles. The third kappa shape index (κ3) is 3.38. The van der Waals surface area contributed by atoms with E-state index in [1.54, 1.807) is 39.2 Å². The Morgan fingerprint density at radius 3 is 2.42 bits per heavy atom. The van der Waals surface area contributed by atoms with Crippen LogP contribution in [0, 0.1) is 32.1 Å². The molecule has 6 heteroatoms. The third-order valence-corrected chi connectivity index (χ3v) is 4.30. The van der Waals surface area contributed by atoms with Crippen molar-refractivity contribution in [1.29, 1.82) is 5.26 Å². The van der Waals surface area contributed by atoms with Crippen LogP contribution in [0.5, 0.6) is 0 Å². The molecule has 0 atom stereocenters. The zero-order valence-corrected chi connectivity index (χ0v) is 15.5. The first kappa shape index (κ1) is 19.0. The first-order valence-corrected chi connectivity index (χ1v) is 8.04. The monoisotopic (exact) mass is 351 g/mol. The zero-order valence-electron chi connectivity index (χ0n) is 15.5. The molecular formula is C20H21N3O3. The smallest absolute Gasteiger partial charge is 0.336 e. The molecule has 0 fully saturated rings. The number of nitriles is 1. The van der Waals surface area contributed by atoms with Gasteiger partial charge in [0, 0.05) is 31.2 Å². The summed E-state index contributed by atoms with van der Waals surface area (Å²) in [7, 11) is 3.19. The maximum Gasteiger partial charge on any atom is 0.336 e. The van der Waals surface area contributed by atoms with Crippen LogP contribution < -0.4 is 0 Å². The molecular weight excluding hydrogens is 330 g/mol. The fourth-order valence-corrected chi connectivity index (χ4v) is 2.94. The maximum atomic E-state index is 12.1. The number of benzene rings is 1. The number of carboxylic acid groups (broad SMARTS) is 1. The second-order valence-electron chi connectivity index (χ2n) is 6.29. The van der Waals surface area contributed by atoms with Gasteiger partial charge < -0.3 is 14.6 Å². The number of aromatic nitrogens is 1. The average Bonchev–Trinajstić information content (AvgIpc) is 2.85. The minimum Gasteiger partial charge on any atom is -0.478 e. The van der Waals surface area contributed by atoms with E-state index < -0.39 is 5.97 Å². The molecule has 2 aromatic rings. The summed E-state index contributed by atoms with van der Waals surface area (Å²) in [5, 5.41) is 18.6. The van der Waals surface area contributed by atoms with Crippen molar-refractivity contribution < 1.29 is 14.7 Å². The SMILES string of the molecule is Cc1c(C(=O)O)cccc1-n1c(C)cc(/C=C(/C#N)C(=O)N(C)C)c1C. The molecule has 0 aliphatic rings. The fourth-order valence-electron chi connectivity index (χ4n) is 2.94. The Morgan fingerprint density at radius 2 is 1.88 bits per heavy atom. The first-order chi connectivity index (χ1) is 12.2. The predicted molar refractivity (Wildman–Crippen MR) is 99.2 cm³/mol. The van der Waals surface area contributed by atoms with E-state index in [0.29, 0.717) is 5.56 Å². The molecule has 1 N–H and O–H groups in total. The number of aromatic carboxylic acids is 1. The molecule has 0 saturated heterocycles. The molecule has 1 heterocycles. The second kappa shape index (κ2) is 7.28. The van der Waals surface area contributed by atoms with Crippen LogP contribution in [0.3, 0.4) is 0 Å². The van der Waals surface area contributed by atoms with Crippen LogP contribution in [0.1, 0.15) is 32.9 Å². The lowest BCUT2D eigenvalue weighted by Gasteiger charge is -2.14. The minimum atomic E-state index is -0.977. The van der Waals surface area contributed by atoms with Crippen LogP contribution in [-0.4, -0.2) is 40.5 Å². The van der Waals surface area contributed by atoms with Gasteiger partial charge in [0.15, 0.2) is 0 Å². The van der Waals surface area contributed by atoms with Crippen LogP contribution in [0.15, 0.2) is 29.8 Å². The number of carboxylic acids is 1. The lowest BCUT2D eigenvalue weighted by molar-refractivity contribution is -0.124. The van der Waals surface area contributed by atoms with E-state index in [-0.39, 0.29) is 17.0 Å². The third-order valence-electron chi connectivity index (χ3n) is 4.30. The highest BCUT2D eigenvalue weighted by Gasteiger charge is 2.17. The van der Waals surface area contributed by atoms with E-state index in [9.17, 15) is 20.0 Å². The van der Waals surface area contributed by atoms with Gasteiger partial charge in [-0.05, 0) is 56.2 Å². The molecule has 0 unspecified atom stereocenters. The number of carbonyl (C=O) groups is 2. The van der Waals surface area contributed by atoms with E-state index in [1.165, 1.54) is 4.90 Å². The maximum absolute atomic E-state index is 12.1. The number of hydrogen-bond acceptors (Lipinski definition) is 3. The van der Waals surface area contributed by atoms with Gasteiger partial charge in [-0.1, -0.05) is 6.07 Å². The van der Waals surface area contributed by atoms with Gasteiger partial charge in [0.25, 0.3) is 5.91 Å². The lowest BCUT2D eigenvalue weighted by atomic mass is 10.1. The first-order valence-electron chi connectivity index (χ1n) is 8.04. The Morgan fingerprint density at radius 1 is 1.23 bits per heavy atom. The highest BCUT2D eigenvalue weighted by Crippen LogP contribution is 2.26. The van der Waals surface area contributed by atoms with Gasteiger partial charge in [0.1, 0.15) is 11.6 Å². The van der Waals surface area contributed by atoms with Crippen LogP contribution in [0.4, 0.5) is 0 Å². The highest BCUT2D eigenvalue weighted by molar-refractivity contribution is 6.01. The summed E-state index contributed by atoms with van der Waals surface area (Å²) in [6.07, 6.45) is 1.57. The van der Waals surface area contributed by atoms with Crippen LogP contribution in [0.25, 0.3) is 11.8 Å². The van der Waals surface area contributed by atoms with Crippen molar-refractivity contribution in [2.75, 3.05) is 14.1 Å². The van der Waals surface area contributed by atoms with Crippen molar-refractivity contribution in [3.63, 3.8) is 0 Å². The summed E-state index contributed by atoms with van der Waals surface area (Å²) in [4.78, 5) is 24.9. The Hall–Kier alpha value is -3.33. The van der Waals surface area contributed by atoms with Gasteiger partial charge in [0.2, 0.25) is 0 Å². The number of aryl methyl sites for hydroxylation is 1. The topological polar surface area (TPSA) is 86.3 Å². The van der Waals surface area contributed by atoms with Crippen LogP contribution in [0.2, 0.25) is 0 Å². The van der Waals surface area contributed by atoms with Crippen LogP contribution in [-0.2, 0) is 4.79 Å². The van der Waals surface area contributed by atoms with Crippen molar-refractivity contribution in [2.24, 2.45) is 0 Å². The number of rotatable bonds is 4. The van der Waals surface area contributed by atoms with Gasteiger partial charge in [0.05, 0.1) is 5.56 Å². The Kier molecular flexibility index (Phi) is 5.32. The van der Waals surface area contributed by atoms with Gasteiger partial charge in [-0.15, -0.1) is 0 Å². The Labute approximate surface area is 152 Å². The van der Waals surface area contributed by atoms with Gasteiger partial charge in [-0.25, -0.2) is 4.79 Å². The molecule has 0 aliphatic heterocycles. The summed E-state index contributed by atoms with van der Waals surface area (Å²) in [5.74, 6) is -1.34. The summed E-state index contributed by atoms with van der Waals surface area (Å²) in [5.41, 5.74) is 4.16. The number of nitrogens with zero attached hydrogens (tertiary/aromatic N) is 3. The van der Waals surface area contributed by atoms with Crippen LogP contribution >= 0.6 is 0 Å². The molecule has 0 saturated carbocycles. The Balaban J connectivity index is 2.64. The Bertz CT molecular complexity index is 959. The van der Waals surface area contributed by atoms with Gasteiger partial charge in [-0.2, -0.15) is 5.26 Å². The molecule has 2 rings (SSSR count). The predicted octanol–water partition coefficient (Wildman–Crippen LogP) is 3.10. The molecule has 26 heavy (non-hydrogen) atoms. The number of hydrogen-bond donors (Lipinski definition) is 1. The van der Waals surface area contributed by atoms with E-state index >= 15 is 0 Å². The summed E-state index contributed by atoms with van der Waals surface area (Å²) >= 11 is 0. The molecule has 1 amide bonds. The standard InChI is InChI=1S/C20H21N3O3/c1-12-9-15(10-16(11-21)19(24)22(4)5)14(3)23(12)18-8-6-7-17(13(18)2)20(25)26/h6-10H,1-5H3,(H,25,26)/b16-10-. The van der Waals surface area contributed by atoms with Gasteiger partial charge in [-0.3, -0.25) is 4.79 Å². The summed E-state index contributed by atoms with van der Waals surface area (Å²) in [6, 6.07) is 8.95. The van der Waals surface area contributed by atoms with E-state index in [1.807, 2.05) is 36.6 Å². The van der Waals surface area contributed by atoms with Gasteiger partial charge >= 0.3 is 5.97 Å². The van der Waals surface area contributed by atoms with E-state index in [4.69, 9.17) is 0 Å². The molecule has 1 aromatic carbocycles. The lowest BCUT2D eigenvalue weighted by Crippen LogP contribution is -2.22. The number of amides is 1. The molecule has 0 aliphatic carbocycles. The molecule has 0 spiro atoms. The van der Waals surface area contributed by atoms with E-state index in [2.05, 4.69) is 0 Å². The number of carbonyl (C=O) groups excluding carboxylic acids is 1. The number of likely N-dealkylation sites (N-methyl/N-ethyl adjacent to an activating group) is 1. The average molecular weight is 351 g/mol. The van der Waals surface area contributed by atoms with Crippen molar-refractivity contribution in [2.45, 2.75) is 20.8 Å². The summed E-state index contributed by atoms with van der Waals surface area (Å²) < 4.78 is 1.93. The quantitative estimate of drug-likeness (QED) is 0.677. The zero-order chi connectivity index (χ0) is 19.6.